The summed E-state index contributed by atoms with van der Waals surface area (Å²) in [6.07, 6.45) is 1.92. The first-order chi connectivity index (χ1) is 6.95. The van der Waals surface area contributed by atoms with Crippen LogP contribution in [0.3, 0.4) is 0 Å². The van der Waals surface area contributed by atoms with E-state index in [0.29, 0.717) is 6.61 Å². The number of halogens is 1. The second-order valence-electron chi connectivity index (χ2n) is 4.77. The van der Waals surface area contributed by atoms with Gasteiger partial charge < -0.3 is 10.1 Å². The smallest absolute Gasteiger partial charge is 0.407 e. The Morgan fingerprint density at radius 1 is 1.33 bits per heavy atom. The Hall–Kier alpha value is 0.217. The number of ether oxygens (including phenoxy) is 1. The number of rotatable bonds is 7. The van der Waals surface area contributed by atoms with Crippen LogP contribution < -0.4 is 5.32 Å². The van der Waals surface area contributed by atoms with Crippen LogP contribution in [0, 0.1) is 0 Å². The lowest BCUT2D eigenvalue weighted by atomic mass is 10.3. The quantitative estimate of drug-likeness (QED) is 0.333. The molecule has 0 aliphatic heterocycles. The molecule has 0 bridgehead atoms. The average molecular weight is 343 g/mol. The van der Waals surface area contributed by atoms with Crippen molar-refractivity contribution in [1.82, 2.24) is 5.32 Å². The third kappa shape index (κ3) is 12.1. The third-order valence-corrected chi connectivity index (χ3v) is 4.38. The van der Waals surface area contributed by atoms with Crippen LogP contribution in [0.5, 0.6) is 0 Å². The van der Waals surface area contributed by atoms with Crippen molar-refractivity contribution in [2.75, 3.05) is 17.6 Å². The van der Waals surface area contributed by atoms with Gasteiger partial charge in [0.25, 0.3) is 0 Å². The summed E-state index contributed by atoms with van der Waals surface area (Å²) < 4.78 is 6.22. The van der Waals surface area contributed by atoms with Crippen LogP contribution in [0.4, 0.5) is 4.79 Å². The van der Waals surface area contributed by atoms with Gasteiger partial charge in [-0.2, -0.15) is 0 Å². The Labute approximate surface area is 107 Å². The molecule has 3 nitrogen and oxygen atoms in total. The lowest BCUT2D eigenvalue weighted by Crippen LogP contribution is -2.28. The molecule has 0 aliphatic rings. The molecule has 1 amide bonds. The first kappa shape index (κ1) is 15.2. The molecule has 90 valence electrons. The summed E-state index contributed by atoms with van der Waals surface area (Å²) in [6.45, 7) is 8.11. The van der Waals surface area contributed by atoms with Gasteiger partial charge in [0.15, 0.2) is 0 Å². The average Bonchev–Trinajstić information content (AvgIpc) is 2.10. The third-order valence-electron chi connectivity index (χ3n) is 1.91. The molecule has 0 atom stereocenters. The number of hydrogen-bond acceptors (Lipinski definition) is 2. The summed E-state index contributed by atoms with van der Waals surface area (Å²) in [7, 11) is -1.07. The molecule has 0 heterocycles. The standard InChI is InChI=1S/C10H22INO2Si/c1-15(2,3)9-8-14-10(13)12-7-5-4-6-11/h4-9H2,1-3H3,(H,12,13). The summed E-state index contributed by atoms with van der Waals surface area (Å²) in [5.41, 5.74) is 0. The Bertz CT molecular complexity index is 183. The van der Waals surface area contributed by atoms with E-state index in [4.69, 9.17) is 4.74 Å². The summed E-state index contributed by atoms with van der Waals surface area (Å²) in [5, 5.41) is 2.75. The zero-order valence-corrected chi connectivity index (χ0v) is 13.1. The number of unbranched alkanes of at least 4 members (excludes halogenated alkanes) is 1. The van der Waals surface area contributed by atoms with Gasteiger partial charge in [0, 0.05) is 14.6 Å². The first-order valence-corrected chi connectivity index (χ1v) is 10.7. The van der Waals surface area contributed by atoms with E-state index in [1.54, 1.807) is 0 Å². The highest BCUT2D eigenvalue weighted by atomic mass is 127. The van der Waals surface area contributed by atoms with E-state index in [0.717, 1.165) is 29.9 Å². The van der Waals surface area contributed by atoms with Crippen molar-refractivity contribution >= 4 is 36.8 Å². The monoisotopic (exact) mass is 343 g/mol. The summed E-state index contributed by atoms with van der Waals surface area (Å²) in [5.74, 6) is 0. The number of carbonyl (C=O) groups is 1. The molecule has 0 fully saturated rings. The van der Waals surface area contributed by atoms with Gasteiger partial charge in [-0.25, -0.2) is 4.79 Å². The SMILES string of the molecule is C[Si](C)(C)CCOC(=O)NCCCCI. The largest absolute Gasteiger partial charge is 0.450 e. The fourth-order valence-corrected chi connectivity index (χ4v) is 2.16. The van der Waals surface area contributed by atoms with Crippen LogP contribution in [-0.2, 0) is 4.74 Å². The minimum absolute atomic E-state index is 0.262. The molecular weight excluding hydrogens is 321 g/mol. The molecule has 0 spiro atoms. The predicted molar refractivity (Wildman–Crippen MR) is 75.6 cm³/mol. The minimum atomic E-state index is -1.07. The van der Waals surface area contributed by atoms with Crippen molar-refractivity contribution in [3.8, 4) is 0 Å². The van der Waals surface area contributed by atoms with Gasteiger partial charge in [-0.3, -0.25) is 0 Å². The van der Waals surface area contributed by atoms with Crippen molar-refractivity contribution in [1.29, 1.82) is 0 Å². The molecule has 0 saturated heterocycles. The number of alkyl halides is 1. The van der Waals surface area contributed by atoms with Crippen molar-refractivity contribution in [2.45, 2.75) is 38.5 Å². The molecule has 0 aromatic heterocycles. The number of carbonyl (C=O) groups excluding carboxylic acids is 1. The highest BCUT2D eigenvalue weighted by Gasteiger charge is 2.13. The lowest BCUT2D eigenvalue weighted by molar-refractivity contribution is 0.152. The van der Waals surface area contributed by atoms with Crippen molar-refractivity contribution < 1.29 is 9.53 Å². The van der Waals surface area contributed by atoms with E-state index in [-0.39, 0.29) is 6.09 Å². The molecule has 0 radical (unpaired) electrons. The van der Waals surface area contributed by atoms with Gasteiger partial charge in [-0.15, -0.1) is 0 Å². The second kappa shape index (κ2) is 8.38. The number of alkyl carbamates (subject to hydrolysis) is 1. The van der Waals surface area contributed by atoms with E-state index < -0.39 is 8.07 Å². The second-order valence-corrected chi connectivity index (χ2v) is 11.5. The summed E-state index contributed by atoms with van der Waals surface area (Å²) >= 11 is 2.34. The zero-order chi connectivity index (χ0) is 11.7. The number of nitrogens with one attached hydrogen (secondary N) is 1. The molecular formula is C10H22INO2Si. The van der Waals surface area contributed by atoms with E-state index in [9.17, 15) is 4.79 Å². The summed E-state index contributed by atoms with van der Waals surface area (Å²) in [6, 6.07) is 1.04. The number of amides is 1. The Balaban J connectivity index is 3.34. The van der Waals surface area contributed by atoms with Gasteiger partial charge in [-0.1, -0.05) is 42.2 Å². The zero-order valence-electron chi connectivity index (χ0n) is 9.94. The molecule has 15 heavy (non-hydrogen) atoms. The van der Waals surface area contributed by atoms with Gasteiger partial charge in [0.2, 0.25) is 0 Å². The highest BCUT2D eigenvalue weighted by molar-refractivity contribution is 14.1. The van der Waals surface area contributed by atoms with Crippen LogP contribution in [0.25, 0.3) is 0 Å². The molecule has 0 aromatic rings. The molecule has 0 unspecified atom stereocenters. The Morgan fingerprint density at radius 3 is 2.53 bits per heavy atom. The normalized spacial score (nSPS) is 11.2. The Kier molecular flexibility index (Phi) is 8.50. The van der Waals surface area contributed by atoms with Crippen molar-refractivity contribution in [3.05, 3.63) is 0 Å². The van der Waals surface area contributed by atoms with E-state index in [2.05, 4.69) is 47.5 Å². The topological polar surface area (TPSA) is 38.3 Å². The van der Waals surface area contributed by atoms with Gasteiger partial charge in [0.1, 0.15) is 0 Å². The van der Waals surface area contributed by atoms with E-state index in [1.807, 2.05) is 0 Å². The maximum atomic E-state index is 11.2. The van der Waals surface area contributed by atoms with Gasteiger partial charge in [-0.05, 0) is 23.3 Å². The molecule has 0 aliphatic carbocycles. The van der Waals surface area contributed by atoms with E-state index >= 15 is 0 Å². The fraction of sp³-hybridized carbons (Fsp3) is 0.900. The highest BCUT2D eigenvalue weighted by Crippen LogP contribution is 2.07. The van der Waals surface area contributed by atoms with Gasteiger partial charge in [0.05, 0.1) is 6.61 Å². The fourth-order valence-electron chi connectivity index (χ4n) is 0.911. The first-order valence-electron chi connectivity index (χ1n) is 5.42. The van der Waals surface area contributed by atoms with Crippen LogP contribution in [0.2, 0.25) is 25.7 Å². The van der Waals surface area contributed by atoms with Crippen LogP contribution in [0.15, 0.2) is 0 Å². The molecule has 0 saturated carbocycles. The minimum Gasteiger partial charge on any atom is -0.450 e. The van der Waals surface area contributed by atoms with Crippen molar-refractivity contribution in [2.24, 2.45) is 0 Å². The predicted octanol–water partition coefficient (Wildman–Crippen LogP) is 3.27. The maximum absolute atomic E-state index is 11.2. The van der Waals surface area contributed by atoms with Gasteiger partial charge >= 0.3 is 6.09 Å². The number of hydrogen-bond donors (Lipinski definition) is 1. The van der Waals surface area contributed by atoms with Crippen LogP contribution in [-0.4, -0.2) is 31.7 Å². The summed E-state index contributed by atoms with van der Waals surface area (Å²) in [4.78, 5) is 11.2. The maximum Gasteiger partial charge on any atom is 0.407 e. The molecule has 0 rings (SSSR count). The molecule has 5 heteroatoms. The van der Waals surface area contributed by atoms with E-state index in [1.165, 1.54) is 0 Å². The Morgan fingerprint density at radius 2 is 2.00 bits per heavy atom. The lowest BCUT2D eigenvalue weighted by Gasteiger charge is -2.15. The van der Waals surface area contributed by atoms with Crippen LogP contribution >= 0.6 is 22.6 Å². The molecule has 1 N–H and O–H groups in total. The van der Waals surface area contributed by atoms with Crippen molar-refractivity contribution in [3.63, 3.8) is 0 Å². The molecule has 0 aromatic carbocycles. The van der Waals surface area contributed by atoms with Crippen LogP contribution in [0.1, 0.15) is 12.8 Å².